The van der Waals surface area contributed by atoms with E-state index in [0.29, 0.717) is 5.56 Å². The average Bonchev–Trinajstić information content (AvgIpc) is 2.34. The lowest BCUT2D eigenvalue weighted by Crippen LogP contribution is -2.42. The van der Waals surface area contributed by atoms with Gasteiger partial charge in [0.2, 0.25) is 5.88 Å². The summed E-state index contributed by atoms with van der Waals surface area (Å²) in [6, 6.07) is 1.26. The van der Waals surface area contributed by atoms with Crippen molar-refractivity contribution in [2.24, 2.45) is 5.73 Å². The van der Waals surface area contributed by atoms with Gasteiger partial charge in [-0.1, -0.05) is 0 Å². The van der Waals surface area contributed by atoms with Crippen molar-refractivity contribution in [3.63, 3.8) is 0 Å². The monoisotopic (exact) mass is 299 g/mol. The third-order valence-corrected chi connectivity index (χ3v) is 2.35. The van der Waals surface area contributed by atoms with Gasteiger partial charge in [-0.15, -0.1) is 0 Å². The summed E-state index contributed by atoms with van der Waals surface area (Å²) < 4.78 is 23.6. The Kier molecular flexibility index (Phi) is 5.90. The number of aromatic nitrogens is 1. The molecule has 0 unspecified atom stereocenters. The molecular weight excluding hydrogens is 277 g/mol. The van der Waals surface area contributed by atoms with Crippen LogP contribution in [0.15, 0.2) is 12.3 Å². The molecule has 0 aliphatic heterocycles. The van der Waals surface area contributed by atoms with E-state index in [0.717, 1.165) is 6.20 Å². The number of hydrogen-bond donors (Lipinski definition) is 2. The minimum absolute atomic E-state index is 0.100. The third kappa shape index (κ3) is 6.40. The summed E-state index contributed by atoms with van der Waals surface area (Å²) in [5, 5.41) is 2.68. The van der Waals surface area contributed by atoms with Crippen LogP contribution in [-0.4, -0.2) is 29.3 Å². The summed E-state index contributed by atoms with van der Waals surface area (Å²) in [6.45, 7) is 7.46. The Morgan fingerprint density at radius 3 is 2.76 bits per heavy atom. The van der Waals surface area contributed by atoms with Crippen molar-refractivity contribution in [2.75, 3.05) is 6.61 Å². The van der Waals surface area contributed by atoms with E-state index in [4.69, 9.17) is 15.2 Å². The summed E-state index contributed by atoms with van der Waals surface area (Å²) in [6.07, 6.45) is 0.0429. The molecule has 1 aromatic heterocycles. The highest BCUT2D eigenvalue weighted by Crippen LogP contribution is 2.16. The third-order valence-electron chi connectivity index (χ3n) is 2.35. The second-order valence-corrected chi connectivity index (χ2v) is 5.72. The van der Waals surface area contributed by atoms with Crippen molar-refractivity contribution in [3.8, 4) is 5.88 Å². The lowest BCUT2D eigenvalue weighted by molar-refractivity contribution is 0.0691. The summed E-state index contributed by atoms with van der Waals surface area (Å²) in [5.41, 5.74) is 5.58. The molecule has 118 valence electrons. The van der Waals surface area contributed by atoms with Crippen LogP contribution >= 0.6 is 0 Å². The van der Waals surface area contributed by atoms with Crippen LogP contribution in [0.2, 0.25) is 0 Å². The molecule has 1 heterocycles. The predicted octanol–water partition coefficient (Wildman–Crippen LogP) is 1.97. The van der Waals surface area contributed by atoms with Gasteiger partial charge >= 0.3 is 6.09 Å². The lowest BCUT2D eigenvalue weighted by Gasteiger charge is -2.22. The van der Waals surface area contributed by atoms with Crippen molar-refractivity contribution in [3.05, 3.63) is 23.6 Å². The van der Waals surface area contributed by atoms with Crippen molar-refractivity contribution in [1.82, 2.24) is 10.3 Å². The number of rotatable bonds is 5. The molecule has 1 amide bonds. The zero-order chi connectivity index (χ0) is 16.0. The number of alkyl carbamates (subject to hydrolysis) is 1. The molecule has 0 aliphatic rings. The maximum absolute atomic E-state index is 13.0. The number of nitrogens with two attached hydrogens (primary N) is 1. The molecule has 1 aromatic rings. The number of halogens is 1. The smallest absolute Gasteiger partial charge is 0.407 e. The molecule has 0 fully saturated rings. The normalized spacial score (nSPS) is 12.7. The zero-order valence-electron chi connectivity index (χ0n) is 12.8. The SMILES string of the molecule is C[C@@H](COc1ncc(F)cc1CN)OC(=O)NC(C)(C)C. The van der Waals surface area contributed by atoms with Crippen LogP contribution in [0.5, 0.6) is 5.88 Å². The minimum atomic E-state index is -0.523. The van der Waals surface area contributed by atoms with E-state index in [1.54, 1.807) is 6.92 Å². The molecule has 1 rings (SSSR count). The quantitative estimate of drug-likeness (QED) is 0.868. The number of hydrogen-bond acceptors (Lipinski definition) is 5. The fourth-order valence-corrected chi connectivity index (χ4v) is 1.49. The van der Waals surface area contributed by atoms with Gasteiger partial charge in [-0.05, 0) is 33.8 Å². The van der Waals surface area contributed by atoms with Gasteiger partial charge in [-0.25, -0.2) is 14.2 Å². The van der Waals surface area contributed by atoms with Gasteiger partial charge in [0.15, 0.2) is 0 Å². The maximum atomic E-state index is 13.0. The Labute approximate surface area is 123 Å². The van der Waals surface area contributed by atoms with Crippen molar-refractivity contribution in [1.29, 1.82) is 0 Å². The van der Waals surface area contributed by atoms with Crippen LogP contribution in [0.4, 0.5) is 9.18 Å². The fraction of sp³-hybridized carbons (Fsp3) is 0.571. The number of nitrogens with one attached hydrogen (secondary N) is 1. The largest absolute Gasteiger partial charge is 0.473 e. The molecule has 6 nitrogen and oxygen atoms in total. The molecule has 21 heavy (non-hydrogen) atoms. The highest BCUT2D eigenvalue weighted by Gasteiger charge is 2.17. The number of amides is 1. The predicted molar refractivity (Wildman–Crippen MR) is 76.4 cm³/mol. The highest BCUT2D eigenvalue weighted by atomic mass is 19.1. The molecule has 3 N–H and O–H groups in total. The summed E-state index contributed by atoms with van der Waals surface area (Å²) >= 11 is 0. The van der Waals surface area contributed by atoms with Gasteiger partial charge in [0.05, 0.1) is 6.20 Å². The standard InChI is InChI=1S/C14H22FN3O3/c1-9(21-13(19)18-14(2,3)4)8-20-12-10(6-16)5-11(15)7-17-12/h5,7,9H,6,8,16H2,1-4H3,(H,18,19)/t9-/m0/s1. The second-order valence-electron chi connectivity index (χ2n) is 5.72. The van der Waals surface area contributed by atoms with Crippen LogP contribution in [0, 0.1) is 5.82 Å². The van der Waals surface area contributed by atoms with Gasteiger partial charge in [-0.3, -0.25) is 0 Å². The first-order chi connectivity index (χ1) is 9.71. The molecule has 1 atom stereocenters. The molecule has 0 spiro atoms. The van der Waals surface area contributed by atoms with E-state index in [1.807, 2.05) is 20.8 Å². The number of nitrogens with zero attached hydrogens (tertiary/aromatic N) is 1. The van der Waals surface area contributed by atoms with Crippen molar-refractivity contribution >= 4 is 6.09 Å². The minimum Gasteiger partial charge on any atom is -0.473 e. The molecule has 7 heteroatoms. The molecule has 0 saturated carbocycles. The molecule has 0 aliphatic carbocycles. The lowest BCUT2D eigenvalue weighted by atomic mass is 10.1. The number of ether oxygens (including phenoxy) is 2. The van der Waals surface area contributed by atoms with E-state index < -0.39 is 18.0 Å². The Balaban J connectivity index is 2.50. The van der Waals surface area contributed by atoms with Crippen LogP contribution < -0.4 is 15.8 Å². The molecule has 0 radical (unpaired) electrons. The van der Waals surface area contributed by atoms with Crippen LogP contribution in [0.1, 0.15) is 33.3 Å². The Bertz CT molecular complexity index is 489. The van der Waals surface area contributed by atoms with Crippen LogP contribution in [-0.2, 0) is 11.3 Å². The number of pyridine rings is 1. The average molecular weight is 299 g/mol. The molecular formula is C14H22FN3O3. The zero-order valence-corrected chi connectivity index (χ0v) is 12.8. The van der Waals surface area contributed by atoms with Gasteiger partial charge in [0.25, 0.3) is 0 Å². The van der Waals surface area contributed by atoms with E-state index in [1.165, 1.54) is 6.07 Å². The van der Waals surface area contributed by atoms with E-state index in [9.17, 15) is 9.18 Å². The molecule has 0 aromatic carbocycles. The molecule has 0 saturated heterocycles. The van der Waals surface area contributed by atoms with Gasteiger partial charge < -0.3 is 20.5 Å². The first kappa shape index (κ1) is 17.2. The van der Waals surface area contributed by atoms with Crippen LogP contribution in [0.3, 0.4) is 0 Å². The first-order valence-corrected chi connectivity index (χ1v) is 6.67. The van der Waals surface area contributed by atoms with Gasteiger partial charge in [0, 0.05) is 17.6 Å². The van der Waals surface area contributed by atoms with E-state index >= 15 is 0 Å². The van der Waals surface area contributed by atoms with Crippen molar-refractivity contribution < 1.29 is 18.7 Å². The van der Waals surface area contributed by atoms with Crippen LogP contribution in [0.25, 0.3) is 0 Å². The van der Waals surface area contributed by atoms with Crippen molar-refractivity contribution in [2.45, 2.75) is 45.9 Å². The summed E-state index contributed by atoms with van der Waals surface area (Å²) in [4.78, 5) is 15.4. The maximum Gasteiger partial charge on any atom is 0.407 e. The molecule has 0 bridgehead atoms. The van der Waals surface area contributed by atoms with Gasteiger partial charge in [0.1, 0.15) is 18.5 Å². The van der Waals surface area contributed by atoms with Gasteiger partial charge in [-0.2, -0.15) is 0 Å². The topological polar surface area (TPSA) is 86.5 Å². The van der Waals surface area contributed by atoms with E-state index in [-0.39, 0.29) is 24.6 Å². The number of carbonyl (C=O) groups excluding carboxylic acids is 1. The summed E-state index contributed by atoms with van der Waals surface area (Å²) in [7, 11) is 0. The Morgan fingerprint density at radius 2 is 2.19 bits per heavy atom. The summed E-state index contributed by atoms with van der Waals surface area (Å²) in [5.74, 6) is -0.234. The highest BCUT2D eigenvalue weighted by molar-refractivity contribution is 5.68. The van der Waals surface area contributed by atoms with E-state index in [2.05, 4.69) is 10.3 Å². The fourth-order valence-electron chi connectivity index (χ4n) is 1.49. The first-order valence-electron chi connectivity index (χ1n) is 6.67. The number of carbonyl (C=O) groups is 1. The Hall–Kier alpha value is -1.89. The second kappa shape index (κ2) is 7.21. The Morgan fingerprint density at radius 1 is 1.52 bits per heavy atom.